The fraction of sp³-hybridized carbons (Fsp3) is 0.300. The highest BCUT2D eigenvalue weighted by molar-refractivity contribution is 6.02. The molecule has 0 aliphatic heterocycles. The summed E-state index contributed by atoms with van der Waals surface area (Å²) in [6.07, 6.45) is 1.57. The second kappa shape index (κ2) is 8.37. The van der Waals surface area contributed by atoms with E-state index in [0.717, 1.165) is 28.4 Å². The van der Waals surface area contributed by atoms with Crippen molar-refractivity contribution in [1.82, 2.24) is 9.88 Å². The van der Waals surface area contributed by atoms with Gasteiger partial charge in [0.15, 0.2) is 0 Å². The Hall–Kier alpha value is -3.04. The predicted molar refractivity (Wildman–Crippen MR) is 100 cm³/mol. The standard InChI is InChI=1S/C20H23N3O3/c1-13(12-24)22-20(25)17(11-21)10-16-9-14(2)23(15(16)3)18-5-7-19(26-4)8-6-18/h5-10,13,24H,12H2,1-4H3,(H,22,25)/b17-10-. The third kappa shape index (κ3) is 4.13. The van der Waals surface area contributed by atoms with Crippen LogP contribution in [0, 0.1) is 25.2 Å². The van der Waals surface area contributed by atoms with Crippen LogP contribution < -0.4 is 10.1 Å². The highest BCUT2D eigenvalue weighted by Crippen LogP contribution is 2.24. The number of aryl methyl sites for hydroxylation is 1. The number of rotatable bonds is 6. The number of nitriles is 1. The zero-order valence-corrected chi connectivity index (χ0v) is 15.4. The number of aliphatic hydroxyl groups excluding tert-OH is 1. The van der Waals surface area contributed by atoms with E-state index in [2.05, 4.69) is 9.88 Å². The average molecular weight is 353 g/mol. The summed E-state index contributed by atoms with van der Waals surface area (Å²) >= 11 is 0. The molecule has 1 aromatic carbocycles. The van der Waals surface area contributed by atoms with Gasteiger partial charge in [-0.15, -0.1) is 0 Å². The zero-order chi connectivity index (χ0) is 19.3. The van der Waals surface area contributed by atoms with Crippen LogP contribution in [0.3, 0.4) is 0 Å². The summed E-state index contributed by atoms with van der Waals surface area (Å²) in [5, 5.41) is 21.0. The average Bonchev–Trinajstić information content (AvgIpc) is 2.92. The van der Waals surface area contributed by atoms with Crippen LogP contribution in [0.4, 0.5) is 0 Å². The molecule has 1 atom stereocenters. The molecule has 0 spiro atoms. The number of nitrogens with one attached hydrogen (secondary N) is 1. The molecule has 6 heteroatoms. The minimum atomic E-state index is -0.497. The second-order valence-electron chi connectivity index (χ2n) is 6.09. The molecule has 26 heavy (non-hydrogen) atoms. The van der Waals surface area contributed by atoms with Gasteiger partial charge in [0.2, 0.25) is 0 Å². The molecule has 1 amide bonds. The van der Waals surface area contributed by atoms with Crippen LogP contribution in [0.15, 0.2) is 35.9 Å². The van der Waals surface area contributed by atoms with Crippen molar-refractivity contribution in [2.24, 2.45) is 0 Å². The summed E-state index contributed by atoms with van der Waals surface area (Å²) in [7, 11) is 1.62. The van der Waals surface area contributed by atoms with E-state index < -0.39 is 11.9 Å². The SMILES string of the molecule is COc1ccc(-n2c(C)cc(/C=C(/C#N)C(=O)NC(C)CO)c2C)cc1. The van der Waals surface area contributed by atoms with Gasteiger partial charge in [-0.25, -0.2) is 0 Å². The summed E-state index contributed by atoms with van der Waals surface area (Å²) in [4.78, 5) is 12.2. The molecular weight excluding hydrogens is 330 g/mol. The number of carbonyl (C=O) groups is 1. The first-order valence-electron chi connectivity index (χ1n) is 8.28. The van der Waals surface area contributed by atoms with E-state index in [1.807, 2.05) is 50.2 Å². The molecule has 0 saturated carbocycles. The van der Waals surface area contributed by atoms with Crippen molar-refractivity contribution in [3.8, 4) is 17.5 Å². The largest absolute Gasteiger partial charge is 0.497 e. The van der Waals surface area contributed by atoms with Crippen LogP contribution in [0.25, 0.3) is 11.8 Å². The quantitative estimate of drug-likeness (QED) is 0.617. The first kappa shape index (κ1) is 19.3. The fourth-order valence-electron chi connectivity index (χ4n) is 2.71. The van der Waals surface area contributed by atoms with Gasteiger partial charge in [0.1, 0.15) is 17.4 Å². The maximum Gasteiger partial charge on any atom is 0.262 e. The van der Waals surface area contributed by atoms with Gasteiger partial charge in [0, 0.05) is 23.1 Å². The number of hydrogen-bond donors (Lipinski definition) is 2. The van der Waals surface area contributed by atoms with Crippen LogP contribution in [-0.2, 0) is 4.79 Å². The van der Waals surface area contributed by atoms with E-state index in [0.29, 0.717) is 0 Å². The molecule has 0 aliphatic carbocycles. The van der Waals surface area contributed by atoms with E-state index in [4.69, 9.17) is 9.84 Å². The van der Waals surface area contributed by atoms with Crippen LogP contribution in [0.1, 0.15) is 23.9 Å². The van der Waals surface area contributed by atoms with Crippen LogP contribution in [0.2, 0.25) is 0 Å². The van der Waals surface area contributed by atoms with E-state index in [1.54, 1.807) is 20.1 Å². The number of amides is 1. The molecule has 0 fully saturated rings. The van der Waals surface area contributed by atoms with E-state index >= 15 is 0 Å². The first-order valence-corrected chi connectivity index (χ1v) is 8.28. The van der Waals surface area contributed by atoms with Crippen molar-refractivity contribution in [2.75, 3.05) is 13.7 Å². The lowest BCUT2D eigenvalue weighted by atomic mass is 10.1. The van der Waals surface area contributed by atoms with Crippen molar-refractivity contribution >= 4 is 12.0 Å². The summed E-state index contributed by atoms with van der Waals surface area (Å²) in [5.74, 6) is 0.279. The van der Waals surface area contributed by atoms with Crippen molar-refractivity contribution in [3.63, 3.8) is 0 Å². The van der Waals surface area contributed by atoms with Gasteiger partial charge in [-0.05, 0) is 62.7 Å². The number of hydrogen-bond acceptors (Lipinski definition) is 4. The monoisotopic (exact) mass is 353 g/mol. The fourth-order valence-corrected chi connectivity index (χ4v) is 2.71. The molecule has 136 valence electrons. The third-order valence-electron chi connectivity index (χ3n) is 4.12. The van der Waals surface area contributed by atoms with E-state index in [-0.39, 0.29) is 12.2 Å². The number of aromatic nitrogens is 1. The second-order valence-corrected chi connectivity index (χ2v) is 6.09. The lowest BCUT2D eigenvalue weighted by Crippen LogP contribution is -2.35. The molecule has 2 aromatic rings. The van der Waals surface area contributed by atoms with E-state index in [1.165, 1.54) is 0 Å². The van der Waals surface area contributed by atoms with Crippen LogP contribution in [-0.4, -0.2) is 35.3 Å². The van der Waals surface area contributed by atoms with Gasteiger partial charge in [0.05, 0.1) is 13.7 Å². The summed E-state index contributed by atoms with van der Waals surface area (Å²) in [6.45, 7) is 5.39. The number of ether oxygens (including phenoxy) is 1. The zero-order valence-electron chi connectivity index (χ0n) is 15.4. The molecule has 1 unspecified atom stereocenters. The maximum absolute atomic E-state index is 12.2. The minimum absolute atomic E-state index is 0.000260. The van der Waals surface area contributed by atoms with Crippen LogP contribution >= 0.6 is 0 Å². The highest BCUT2D eigenvalue weighted by Gasteiger charge is 2.15. The Kier molecular flexibility index (Phi) is 6.21. The van der Waals surface area contributed by atoms with Crippen molar-refractivity contribution in [3.05, 3.63) is 52.9 Å². The lowest BCUT2D eigenvalue weighted by molar-refractivity contribution is -0.117. The highest BCUT2D eigenvalue weighted by atomic mass is 16.5. The predicted octanol–water partition coefficient (Wildman–Crippen LogP) is 2.51. The molecular formula is C20H23N3O3. The third-order valence-corrected chi connectivity index (χ3v) is 4.12. The topological polar surface area (TPSA) is 87.3 Å². The van der Waals surface area contributed by atoms with Crippen molar-refractivity contribution in [1.29, 1.82) is 5.26 Å². The molecule has 0 aliphatic rings. The van der Waals surface area contributed by atoms with E-state index in [9.17, 15) is 10.1 Å². The molecule has 0 bridgehead atoms. The maximum atomic E-state index is 12.2. The number of aliphatic hydroxyl groups is 1. The molecule has 1 heterocycles. The van der Waals surface area contributed by atoms with Gasteiger partial charge < -0.3 is 19.7 Å². The Balaban J connectivity index is 2.39. The Morgan fingerprint density at radius 3 is 2.58 bits per heavy atom. The molecule has 0 radical (unpaired) electrons. The summed E-state index contributed by atoms with van der Waals surface area (Å²) in [5.41, 5.74) is 3.67. The van der Waals surface area contributed by atoms with Gasteiger partial charge in [0.25, 0.3) is 5.91 Å². The Labute approximate surface area is 153 Å². The normalized spacial score (nSPS) is 12.4. The Morgan fingerprint density at radius 2 is 2.04 bits per heavy atom. The molecule has 1 aromatic heterocycles. The smallest absolute Gasteiger partial charge is 0.262 e. The summed E-state index contributed by atoms with van der Waals surface area (Å²) in [6, 6.07) is 11.1. The van der Waals surface area contributed by atoms with Gasteiger partial charge >= 0.3 is 0 Å². The van der Waals surface area contributed by atoms with Gasteiger partial charge in [-0.3, -0.25) is 4.79 Å². The molecule has 6 nitrogen and oxygen atoms in total. The summed E-state index contributed by atoms with van der Waals surface area (Å²) < 4.78 is 7.24. The number of methoxy groups -OCH3 is 1. The van der Waals surface area contributed by atoms with Crippen LogP contribution in [0.5, 0.6) is 5.75 Å². The molecule has 2 N–H and O–H groups in total. The van der Waals surface area contributed by atoms with Crippen molar-refractivity contribution < 1.29 is 14.6 Å². The molecule has 2 rings (SSSR count). The number of benzene rings is 1. The lowest BCUT2D eigenvalue weighted by Gasteiger charge is -2.11. The van der Waals surface area contributed by atoms with Gasteiger partial charge in [-0.2, -0.15) is 5.26 Å². The number of carbonyl (C=O) groups excluding carboxylic acids is 1. The molecule has 0 saturated heterocycles. The van der Waals surface area contributed by atoms with Gasteiger partial charge in [-0.1, -0.05) is 0 Å². The van der Waals surface area contributed by atoms with Crippen molar-refractivity contribution in [2.45, 2.75) is 26.8 Å². The Morgan fingerprint density at radius 1 is 1.38 bits per heavy atom. The first-order chi connectivity index (χ1) is 12.4. The number of nitrogens with zero attached hydrogens (tertiary/aromatic N) is 2. The Bertz CT molecular complexity index is 858. The minimum Gasteiger partial charge on any atom is -0.497 e.